The molecule has 2 N–H and O–H groups in total. The Morgan fingerprint density at radius 3 is 2.83 bits per heavy atom. The predicted octanol–water partition coefficient (Wildman–Crippen LogP) is 1.97. The molecule has 6 heteroatoms. The second-order valence-electron chi connectivity index (χ2n) is 6.36. The van der Waals surface area contributed by atoms with E-state index in [-0.39, 0.29) is 36.2 Å². The van der Waals surface area contributed by atoms with Crippen LogP contribution in [-0.2, 0) is 9.59 Å². The van der Waals surface area contributed by atoms with Crippen molar-refractivity contribution in [1.29, 1.82) is 0 Å². The van der Waals surface area contributed by atoms with Crippen molar-refractivity contribution in [2.45, 2.75) is 31.8 Å². The average Bonchev–Trinajstić information content (AvgIpc) is 3.11. The Morgan fingerprint density at radius 2 is 2.13 bits per heavy atom. The number of carbonyl (C=O) groups excluding carboxylic acids is 2. The lowest BCUT2D eigenvalue weighted by molar-refractivity contribution is -0.126. The van der Waals surface area contributed by atoms with E-state index in [4.69, 9.17) is 11.6 Å². The van der Waals surface area contributed by atoms with E-state index in [1.54, 1.807) is 17.0 Å². The highest BCUT2D eigenvalue weighted by atomic mass is 35.5. The summed E-state index contributed by atoms with van der Waals surface area (Å²) in [7, 11) is 0. The molecule has 2 aliphatic rings. The minimum absolute atomic E-state index is 0.0841. The molecule has 1 heterocycles. The third-order valence-electron chi connectivity index (χ3n) is 4.80. The van der Waals surface area contributed by atoms with Crippen molar-refractivity contribution in [1.82, 2.24) is 5.32 Å². The largest absolute Gasteiger partial charge is 0.393 e. The Morgan fingerprint density at radius 1 is 1.35 bits per heavy atom. The standard InChI is InChI=1S/C17H21ClN2O3/c18-13-5-1-2-6-14(13)20-10-12(8-16(20)22)17(23)19-9-11-4-3-7-15(11)21/h1-2,5-6,11-12,15,21H,3-4,7-10H2,(H,19,23). The summed E-state index contributed by atoms with van der Waals surface area (Å²) in [5.41, 5.74) is 0.653. The van der Waals surface area contributed by atoms with Gasteiger partial charge in [0.25, 0.3) is 0 Å². The van der Waals surface area contributed by atoms with Gasteiger partial charge in [0.2, 0.25) is 11.8 Å². The van der Waals surface area contributed by atoms with E-state index in [1.807, 2.05) is 12.1 Å². The molecule has 23 heavy (non-hydrogen) atoms. The van der Waals surface area contributed by atoms with E-state index >= 15 is 0 Å². The quantitative estimate of drug-likeness (QED) is 0.883. The van der Waals surface area contributed by atoms with Gasteiger partial charge in [0.15, 0.2) is 0 Å². The van der Waals surface area contributed by atoms with E-state index < -0.39 is 0 Å². The minimum Gasteiger partial charge on any atom is -0.393 e. The number of hydrogen-bond acceptors (Lipinski definition) is 3. The highest BCUT2D eigenvalue weighted by Gasteiger charge is 2.36. The maximum Gasteiger partial charge on any atom is 0.227 e. The van der Waals surface area contributed by atoms with Crippen LogP contribution in [-0.4, -0.2) is 36.1 Å². The van der Waals surface area contributed by atoms with Crippen molar-refractivity contribution in [2.24, 2.45) is 11.8 Å². The number of carbonyl (C=O) groups is 2. The van der Waals surface area contributed by atoms with Crippen molar-refractivity contribution in [3.63, 3.8) is 0 Å². The molecule has 3 unspecified atom stereocenters. The van der Waals surface area contributed by atoms with Crippen LogP contribution < -0.4 is 10.2 Å². The predicted molar refractivity (Wildman–Crippen MR) is 88.3 cm³/mol. The molecule has 0 radical (unpaired) electrons. The van der Waals surface area contributed by atoms with Crippen LogP contribution in [0.5, 0.6) is 0 Å². The first kappa shape index (κ1) is 16.3. The molecule has 0 spiro atoms. The first-order chi connectivity index (χ1) is 11.1. The third-order valence-corrected chi connectivity index (χ3v) is 5.12. The Hall–Kier alpha value is -1.59. The summed E-state index contributed by atoms with van der Waals surface area (Å²) in [6.45, 7) is 0.832. The number of anilines is 1. The molecule has 2 amide bonds. The lowest BCUT2D eigenvalue weighted by Gasteiger charge is -2.19. The minimum atomic E-state index is -0.364. The van der Waals surface area contributed by atoms with Crippen LogP contribution in [0.2, 0.25) is 5.02 Å². The molecule has 124 valence electrons. The fraction of sp³-hybridized carbons (Fsp3) is 0.529. The molecule has 1 aromatic carbocycles. The Bertz CT molecular complexity index is 607. The fourth-order valence-corrected chi connectivity index (χ4v) is 3.66. The van der Waals surface area contributed by atoms with E-state index in [0.29, 0.717) is 23.8 Å². The third kappa shape index (κ3) is 3.51. The van der Waals surface area contributed by atoms with Crippen LogP contribution in [0.25, 0.3) is 0 Å². The zero-order valence-electron chi connectivity index (χ0n) is 12.9. The molecule has 1 aliphatic carbocycles. The number of amides is 2. The molecule has 1 saturated carbocycles. The van der Waals surface area contributed by atoms with Crippen molar-refractivity contribution >= 4 is 29.1 Å². The van der Waals surface area contributed by atoms with Crippen LogP contribution in [0.1, 0.15) is 25.7 Å². The first-order valence-electron chi connectivity index (χ1n) is 8.07. The zero-order valence-corrected chi connectivity index (χ0v) is 13.6. The average molecular weight is 337 g/mol. The summed E-state index contributed by atoms with van der Waals surface area (Å²) < 4.78 is 0. The monoisotopic (exact) mass is 336 g/mol. The molecule has 3 rings (SSSR count). The van der Waals surface area contributed by atoms with Crippen molar-refractivity contribution in [2.75, 3.05) is 18.0 Å². The van der Waals surface area contributed by atoms with Crippen LogP contribution in [0.4, 0.5) is 5.69 Å². The lowest BCUT2D eigenvalue weighted by Crippen LogP contribution is -2.37. The maximum absolute atomic E-state index is 12.3. The van der Waals surface area contributed by atoms with Crippen LogP contribution in [0.3, 0.4) is 0 Å². The summed E-state index contributed by atoms with van der Waals surface area (Å²) in [6, 6.07) is 7.15. The Labute approximate surface area is 140 Å². The van der Waals surface area contributed by atoms with Crippen LogP contribution in [0.15, 0.2) is 24.3 Å². The highest BCUT2D eigenvalue weighted by Crippen LogP contribution is 2.31. The normalized spacial score (nSPS) is 27.5. The number of rotatable bonds is 4. The second kappa shape index (κ2) is 6.89. The number of aliphatic hydroxyl groups excluding tert-OH is 1. The number of hydrogen-bond donors (Lipinski definition) is 2. The van der Waals surface area contributed by atoms with E-state index in [0.717, 1.165) is 19.3 Å². The summed E-state index contributed by atoms with van der Waals surface area (Å²) in [6.07, 6.45) is 2.63. The van der Waals surface area contributed by atoms with Gasteiger partial charge < -0.3 is 15.3 Å². The molecule has 0 aromatic heterocycles. The summed E-state index contributed by atoms with van der Waals surface area (Å²) >= 11 is 6.14. The summed E-state index contributed by atoms with van der Waals surface area (Å²) in [5.74, 6) is -0.431. The van der Waals surface area contributed by atoms with Gasteiger partial charge in [-0.15, -0.1) is 0 Å². The molecule has 1 aromatic rings. The van der Waals surface area contributed by atoms with E-state index in [1.165, 1.54) is 0 Å². The number of nitrogens with one attached hydrogen (secondary N) is 1. The number of benzene rings is 1. The van der Waals surface area contributed by atoms with E-state index in [2.05, 4.69) is 5.32 Å². The van der Waals surface area contributed by atoms with E-state index in [9.17, 15) is 14.7 Å². The molecule has 2 fully saturated rings. The lowest BCUT2D eigenvalue weighted by atomic mass is 10.0. The molecule has 5 nitrogen and oxygen atoms in total. The first-order valence-corrected chi connectivity index (χ1v) is 8.44. The van der Waals surface area contributed by atoms with Crippen LogP contribution >= 0.6 is 11.6 Å². The number of nitrogens with zero attached hydrogens (tertiary/aromatic N) is 1. The maximum atomic E-state index is 12.3. The van der Waals surface area contributed by atoms with Crippen molar-refractivity contribution < 1.29 is 14.7 Å². The van der Waals surface area contributed by atoms with Gasteiger partial charge in [-0.05, 0) is 25.0 Å². The number of halogens is 1. The molecule has 0 bridgehead atoms. The van der Waals surface area contributed by atoms with Crippen molar-refractivity contribution in [3.8, 4) is 0 Å². The SMILES string of the molecule is O=C(NCC1CCCC1O)C1CC(=O)N(c2ccccc2Cl)C1. The summed E-state index contributed by atoms with van der Waals surface area (Å²) in [4.78, 5) is 26.1. The van der Waals surface area contributed by atoms with Gasteiger partial charge in [0.05, 0.1) is 22.7 Å². The van der Waals surface area contributed by atoms with Crippen molar-refractivity contribution in [3.05, 3.63) is 29.3 Å². The van der Waals surface area contributed by atoms with Gasteiger partial charge in [0, 0.05) is 25.4 Å². The Balaban J connectivity index is 1.58. The molecular weight excluding hydrogens is 316 g/mol. The van der Waals surface area contributed by atoms with Gasteiger partial charge >= 0.3 is 0 Å². The van der Waals surface area contributed by atoms with Gasteiger partial charge in [-0.25, -0.2) is 0 Å². The summed E-state index contributed by atoms with van der Waals surface area (Å²) in [5, 5.41) is 13.2. The number of para-hydroxylation sites is 1. The van der Waals surface area contributed by atoms with Gasteiger partial charge in [-0.1, -0.05) is 30.2 Å². The Kier molecular flexibility index (Phi) is 4.87. The second-order valence-corrected chi connectivity index (χ2v) is 6.77. The van der Waals surface area contributed by atoms with Gasteiger partial charge in [0.1, 0.15) is 0 Å². The van der Waals surface area contributed by atoms with Crippen LogP contribution in [0, 0.1) is 11.8 Å². The smallest absolute Gasteiger partial charge is 0.227 e. The van der Waals surface area contributed by atoms with Gasteiger partial charge in [-0.2, -0.15) is 0 Å². The fourth-order valence-electron chi connectivity index (χ4n) is 3.42. The molecule has 3 atom stereocenters. The molecular formula is C17H21ClN2O3. The van der Waals surface area contributed by atoms with Gasteiger partial charge in [-0.3, -0.25) is 9.59 Å². The molecule has 1 saturated heterocycles. The highest BCUT2D eigenvalue weighted by molar-refractivity contribution is 6.33. The molecule has 1 aliphatic heterocycles. The topological polar surface area (TPSA) is 69.6 Å². The number of aliphatic hydroxyl groups is 1. The zero-order chi connectivity index (χ0) is 16.4.